The Morgan fingerprint density at radius 3 is 1.70 bits per heavy atom. The zero-order valence-corrected chi connectivity index (χ0v) is 6.21. The Bertz CT molecular complexity index is 83.4. The van der Waals surface area contributed by atoms with E-state index in [2.05, 4.69) is 13.2 Å². The highest BCUT2D eigenvalue weighted by Gasteiger charge is 2.33. The molecule has 2 aliphatic heterocycles. The highest BCUT2D eigenvalue weighted by Crippen LogP contribution is 2.25. The van der Waals surface area contributed by atoms with Gasteiger partial charge in [0.1, 0.15) is 0 Å². The molecular formula is C8H14O2. The zero-order chi connectivity index (χ0) is 7.40. The topological polar surface area (TPSA) is 18.5 Å². The number of hydrogen-bond acceptors (Lipinski definition) is 2. The van der Waals surface area contributed by atoms with Gasteiger partial charge in [0, 0.05) is 13.2 Å². The van der Waals surface area contributed by atoms with Gasteiger partial charge in [-0.1, -0.05) is 0 Å². The second-order valence-electron chi connectivity index (χ2n) is 2.40. The van der Waals surface area contributed by atoms with Gasteiger partial charge in [0.15, 0.2) is 0 Å². The van der Waals surface area contributed by atoms with Crippen molar-refractivity contribution in [3.8, 4) is 0 Å². The molecule has 0 amide bonds. The maximum atomic E-state index is 5.35. The Balaban J connectivity index is 0.000000231. The van der Waals surface area contributed by atoms with E-state index in [0.29, 0.717) is 12.2 Å². The highest BCUT2D eigenvalue weighted by molar-refractivity contribution is 4.81. The van der Waals surface area contributed by atoms with Crippen LogP contribution >= 0.6 is 0 Å². The van der Waals surface area contributed by atoms with Gasteiger partial charge in [-0.3, -0.25) is 0 Å². The summed E-state index contributed by atoms with van der Waals surface area (Å²) >= 11 is 0. The van der Waals surface area contributed by atoms with E-state index in [9.17, 15) is 0 Å². The Hall–Kier alpha value is -0.340. The number of hydrogen-bond donors (Lipinski definition) is 0. The van der Waals surface area contributed by atoms with Crippen LogP contribution in [-0.2, 0) is 9.47 Å². The van der Waals surface area contributed by atoms with Crippen molar-refractivity contribution >= 4 is 0 Å². The molecule has 2 unspecified atom stereocenters. The van der Waals surface area contributed by atoms with Gasteiger partial charge in [-0.05, 0) is 12.8 Å². The maximum Gasteiger partial charge on any atom is 0.0859 e. The van der Waals surface area contributed by atoms with Crippen LogP contribution < -0.4 is 0 Å². The van der Waals surface area contributed by atoms with E-state index in [1.54, 1.807) is 0 Å². The highest BCUT2D eigenvalue weighted by atomic mass is 16.6. The predicted octanol–water partition coefficient (Wildman–Crippen LogP) is 1.37. The minimum Gasteiger partial charge on any atom is -0.375 e. The third-order valence-electron chi connectivity index (χ3n) is 1.88. The van der Waals surface area contributed by atoms with E-state index in [-0.39, 0.29) is 0 Å². The molecule has 2 rings (SSSR count). The molecule has 2 nitrogen and oxygen atoms in total. The summed E-state index contributed by atoms with van der Waals surface area (Å²) < 4.78 is 10.7. The summed E-state index contributed by atoms with van der Waals surface area (Å²) in [5, 5.41) is 0. The van der Waals surface area contributed by atoms with Crippen molar-refractivity contribution in [2.75, 3.05) is 13.2 Å². The van der Waals surface area contributed by atoms with Crippen molar-refractivity contribution in [3.05, 3.63) is 13.2 Å². The molecule has 2 aliphatic rings. The van der Waals surface area contributed by atoms with E-state index in [0.717, 1.165) is 26.1 Å². The van der Waals surface area contributed by atoms with Crippen LogP contribution in [0.3, 0.4) is 0 Å². The molecule has 0 spiro atoms. The lowest BCUT2D eigenvalue weighted by atomic mass is 10.2. The second kappa shape index (κ2) is 3.74. The van der Waals surface area contributed by atoms with Gasteiger partial charge in [-0.15, -0.1) is 13.2 Å². The fourth-order valence-corrected chi connectivity index (χ4v) is 1.42. The van der Waals surface area contributed by atoms with Crippen molar-refractivity contribution in [2.24, 2.45) is 0 Å². The molecule has 2 fully saturated rings. The number of fused-ring (bicyclic) bond motifs is 1. The Kier molecular flexibility index (Phi) is 2.90. The molecule has 0 bridgehead atoms. The first kappa shape index (κ1) is 7.76. The van der Waals surface area contributed by atoms with Crippen LogP contribution in [0.1, 0.15) is 12.8 Å². The predicted molar refractivity (Wildman–Crippen MR) is 40.0 cm³/mol. The molecule has 0 saturated carbocycles. The molecule has 0 N–H and O–H groups in total. The molecule has 2 heterocycles. The molecule has 58 valence electrons. The van der Waals surface area contributed by atoms with Crippen LogP contribution in [0.5, 0.6) is 0 Å². The summed E-state index contributed by atoms with van der Waals surface area (Å²) in [5.74, 6) is 0. The van der Waals surface area contributed by atoms with Gasteiger partial charge < -0.3 is 9.47 Å². The van der Waals surface area contributed by atoms with Gasteiger partial charge >= 0.3 is 0 Å². The molecule has 2 heteroatoms. The van der Waals surface area contributed by atoms with Crippen molar-refractivity contribution in [2.45, 2.75) is 25.0 Å². The quantitative estimate of drug-likeness (QED) is 0.475. The summed E-state index contributed by atoms with van der Waals surface area (Å²) in [6.45, 7) is 7.82. The van der Waals surface area contributed by atoms with Crippen molar-refractivity contribution in [1.82, 2.24) is 0 Å². The minimum absolute atomic E-state index is 0.454. The van der Waals surface area contributed by atoms with Crippen LogP contribution in [0.2, 0.25) is 0 Å². The summed E-state index contributed by atoms with van der Waals surface area (Å²) in [6, 6.07) is 0. The minimum atomic E-state index is 0.454. The van der Waals surface area contributed by atoms with Crippen molar-refractivity contribution < 1.29 is 9.47 Å². The first-order valence-corrected chi connectivity index (χ1v) is 3.70. The Morgan fingerprint density at radius 2 is 1.30 bits per heavy atom. The monoisotopic (exact) mass is 142 g/mol. The molecule has 0 aromatic rings. The van der Waals surface area contributed by atoms with Crippen LogP contribution in [0.4, 0.5) is 0 Å². The summed E-state index contributed by atoms with van der Waals surface area (Å²) in [5.41, 5.74) is 0. The standard InChI is InChI=1S/C6H10O2.C2H4/c1-3-7-6-2-4-8-5(1)6;1-2/h5-6H,1-4H2;1-2H2. The SMILES string of the molecule is C1CC2OCCC2O1.C=C. The van der Waals surface area contributed by atoms with Crippen LogP contribution in [-0.4, -0.2) is 25.4 Å². The molecule has 0 aliphatic carbocycles. The smallest absolute Gasteiger partial charge is 0.0859 e. The van der Waals surface area contributed by atoms with Gasteiger partial charge in [-0.25, -0.2) is 0 Å². The number of rotatable bonds is 0. The molecule has 0 aromatic carbocycles. The maximum absolute atomic E-state index is 5.35. The van der Waals surface area contributed by atoms with E-state index >= 15 is 0 Å². The molecule has 0 aromatic heterocycles. The van der Waals surface area contributed by atoms with Crippen molar-refractivity contribution in [1.29, 1.82) is 0 Å². The Morgan fingerprint density at radius 1 is 0.900 bits per heavy atom. The molecule has 0 radical (unpaired) electrons. The fourth-order valence-electron chi connectivity index (χ4n) is 1.42. The fraction of sp³-hybridized carbons (Fsp3) is 0.750. The van der Waals surface area contributed by atoms with Crippen LogP contribution in [0.25, 0.3) is 0 Å². The lowest BCUT2D eigenvalue weighted by Gasteiger charge is -2.03. The Labute approximate surface area is 61.8 Å². The average molecular weight is 142 g/mol. The lowest BCUT2D eigenvalue weighted by Crippen LogP contribution is -2.13. The van der Waals surface area contributed by atoms with E-state index in [1.165, 1.54) is 0 Å². The van der Waals surface area contributed by atoms with Gasteiger partial charge in [-0.2, -0.15) is 0 Å². The van der Waals surface area contributed by atoms with E-state index in [4.69, 9.17) is 9.47 Å². The largest absolute Gasteiger partial charge is 0.375 e. The third kappa shape index (κ3) is 1.39. The molecule has 10 heavy (non-hydrogen) atoms. The first-order chi connectivity index (χ1) is 4.97. The molecule has 2 saturated heterocycles. The average Bonchev–Trinajstić information content (AvgIpc) is 2.49. The van der Waals surface area contributed by atoms with Crippen LogP contribution in [0, 0.1) is 0 Å². The van der Waals surface area contributed by atoms with E-state index in [1.807, 2.05) is 0 Å². The summed E-state index contributed by atoms with van der Waals surface area (Å²) in [7, 11) is 0. The number of ether oxygens (including phenoxy) is 2. The van der Waals surface area contributed by atoms with Crippen LogP contribution in [0.15, 0.2) is 13.2 Å². The summed E-state index contributed by atoms with van der Waals surface area (Å²) in [4.78, 5) is 0. The summed E-state index contributed by atoms with van der Waals surface area (Å²) in [6.07, 6.45) is 3.14. The normalized spacial score (nSPS) is 36.4. The zero-order valence-electron chi connectivity index (χ0n) is 6.21. The van der Waals surface area contributed by atoms with Gasteiger partial charge in [0.05, 0.1) is 12.2 Å². The van der Waals surface area contributed by atoms with Gasteiger partial charge in [0.2, 0.25) is 0 Å². The third-order valence-corrected chi connectivity index (χ3v) is 1.88. The van der Waals surface area contributed by atoms with E-state index < -0.39 is 0 Å². The lowest BCUT2D eigenvalue weighted by molar-refractivity contribution is 0.0732. The van der Waals surface area contributed by atoms with Gasteiger partial charge in [0.25, 0.3) is 0 Å². The molecule has 2 atom stereocenters. The van der Waals surface area contributed by atoms with Crippen molar-refractivity contribution in [3.63, 3.8) is 0 Å². The molecular weight excluding hydrogens is 128 g/mol. The first-order valence-electron chi connectivity index (χ1n) is 3.70. The second-order valence-corrected chi connectivity index (χ2v) is 2.40.